The summed E-state index contributed by atoms with van der Waals surface area (Å²) in [5, 5.41) is 6.65. The van der Waals surface area contributed by atoms with Gasteiger partial charge in [-0.2, -0.15) is 5.10 Å². The van der Waals surface area contributed by atoms with Crippen LogP contribution in [0.25, 0.3) is 0 Å². The first kappa shape index (κ1) is 22.7. The Morgan fingerprint density at radius 1 is 1.00 bits per heavy atom. The summed E-state index contributed by atoms with van der Waals surface area (Å²) in [6.45, 7) is 1.97. The van der Waals surface area contributed by atoms with E-state index in [0.29, 0.717) is 40.7 Å². The number of amides is 2. The normalized spacial score (nSPS) is 11.8. The number of carbonyl (C=O) groups excluding carboxylic acids is 2. The summed E-state index contributed by atoms with van der Waals surface area (Å²) in [6, 6.07) is 17.5. The molecule has 0 unspecified atom stereocenters. The van der Waals surface area contributed by atoms with Crippen molar-refractivity contribution in [3.05, 3.63) is 77.4 Å². The Hall–Kier alpha value is -4.53. The fourth-order valence-electron chi connectivity index (χ4n) is 3.21. The zero-order valence-corrected chi connectivity index (χ0v) is 18.7. The van der Waals surface area contributed by atoms with Crippen molar-refractivity contribution >= 4 is 23.7 Å². The second-order valence-corrected chi connectivity index (χ2v) is 7.34. The molecule has 0 aromatic heterocycles. The number of fused-ring (bicyclic) bond motifs is 1. The molecule has 174 valence electrons. The van der Waals surface area contributed by atoms with Crippen molar-refractivity contribution in [2.75, 3.05) is 19.2 Å². The Kier molecular flexibility index (Phi) is 6.92. The van der Waals surface area contributed by atoms with Gasteiger partial charge in [0.15, 0.2) is 23.0 Å². The molecular weight excluding hydrogens is 438 g/mol. The number of anilines is 1. The van der Waals surface area contributed by atoms with E-state index in [1.807, 2.05) is 18.2 Å². The van der Waals surface area contributed by atoms with Crippen molar-refractivity contribution in [3.63, 3.8) is 0 Å². The number of hydrogen-bond donors (Lipinski definition) is 2. The van der Waals surface area contributed by atoms with E-state index >= 15 is 0 Å². The topological polar surface area (TPSA) is 107 Å². The van der Waals surface area contributed by atoms with Gasteiger partial charge in [0.05, 0.1) is 13.3 Å². The minimum atomic E-state index is -0.374. The summed E-state index contributed by atoms with van der Waals surface area (Å²) >= 11 is 0. The molecule has 3 aromatic rings. The number of ether oxygens (including phenoxy) is 4. The molecule has 1 aliphatic rings. The van der Waals surface area contributed by atoms with Gasteiger partial charge >= 0.3 is 0 Å². The van der Waals surface area contributed by atoms with Crippen LogP contribution in [-0.4, -0.2) is 31.9 Å². The van der Waals surface area contributed by atoms with Gasteiger partial charge in [0.2, 0.25) is 12.7 Å². The summed E-state index contributed by atoms with van der Waals surface area (Å²) in [5.41, 5.74) is 5.15. The van der Waals surface area contributed by atoms with Gasteiger partial charge in [-0.1, -0.05) is 6.07 Å². The quantitative estimate of drug-likeness (QED) is 0.391. The highest BCUT2D eigenvalue weighted by Crippen LogP contribution is 2.33. The van der Waals surface area contributed by atoms with Crippen LogP contribution in [0.4, 0.5) is 5.69 Å². The lowest BCUT2D eigenvalue weighted by molar-refractivity contribution is -0.114. The van der Waals surface area contributed by atoms with Crippen LogP contribution in [0.5, 0.6) is 23.0 Å². The molecule has 34 heavy (non-hydrogen) atoms. The van der Waals surface area contributed by atoms with Gasteiger partial charge in [0, 0.05) is 18.2 Å². The zero-order chi connectivity index (χ0) is 23.9. The van der Waals surface area contributed by atoms with Gasteiger partial charge in [0.1, 0.15) is 6.61 Å². The van der Waals surface area contributed by atoms with Crippen molar-refractivity contribution < 1.29 is 28.5 Å². The van der Waals surface area contributed by atoms with Gasteiger partial charge in [-0.3, -0.25) is 9.59 Å². The van der Waals surface area contributed by atoms with Crippen LogP contribution in [-0.2, 0) is 11.4 Å². The number of nitrogens with one attached hydrogen (secondary N) is 2. The van der Waals surface area contributed by atoms with Crippen LogP contribution >= 0.6 is 0 Å². The van der Waals surface area contributed by atoms with E-state index < -0.39 is 0 Å². The lowest BCUT2D eigenvalue weighted by Gasteiger charge is -2.11. The van der Waals surface area contributed by atoms with Crippen molar-refractivity contribution in [1.82, 2.24) is 5.43 Å². The summed E-state index contributed by atoms with van der Waals surface area (Å²) in [5.74, 6) is 1.97. The Labute approximate surface area is 196 Å². The largest absolute Gasteiger partial charge is 0.493 e. The summed E-state index contributed by atoms with van der Waals surface area (Å²) in [4.78, 5) is 23.3. The standard InChI is InChI=1S/C25H23N3O6/c1-16(29)27-20-7-5-19(6-8-20)25(30)28-26-13-17-3-9-21(23(11-17)31-2)32-14-18-4-10-22-24(12-18)34-15-33-22/h3-13H,14-15H2,1-2H3,(H,27,29)(H,28,30)/b26-13-. The van der Waals surface area contributed by atoms with E-state index in [1.54, 1.807) is 49.6 Å². The molecule has 2 amide bonds. The number of rotatable bonds is 8. The van der Waals surface area contributed by atoms with Crippen LogP contribution in [0.3, 0.4) is 0 Å². The summed E-state index contributed by atoms with van der Waals surface area (Å²) in [6.07, 6.45) is 1.51. The molecule has 0 radical (unpaired) electrons. The third kappa shape index (κ3) is 5.63. The van der Waals surface area contributed by atoms with E-state index in [1.165, 1.54) is 13.1 Å². The van der Waals surface area contributed by atoms with Gasteiger partial charge in [-0.15, -0.1) is 0 Å². The Morgan fingerprint density at radius 3 is 2.56 bits per heavy atom. The summed E-state index contributed by atoms with van der Waals surface area (Å²) < 4.78 is 22.0. The molecule has 0 spiro atoms. The van der Waals surface area contributed by atoms with Crippen LogP contribution < -0.4 is 29.7 Å². The van der Waals surface area contributed by atoms with Crippen molar-refractivity contribution in [3.8, 4) is 23.0 Å². The van der Waals surface area contributed by atoms with Crippen LogP contribution in [0.1, 0.15) is 28.4 Å². The SMILES string of the molecule is COc1cc(/C=N\NC(=O)c2ccc(NC(C)=O)cc2)ccc1OCc1ccc2c(c1)OCO2. The Balaban J connectivity index is 1.34. The lowest BCUT2D eigenvalue weighted by Crippen LogP contribution is -2.17. The Bertz CT molecular complexity index is 1220. The fourth-order valence-corrected chi connectivity index (χ4v) is 3.21. The van der Waals surface area contributed by atoms with Crippen LogP contribution in [0.15, 0.2) is 65.8 Å². The number of nitrogens with zero attached hydrogens (tertiary/aromatic N) is 1. The molecule has 9 heteroatoms. The average molecular weight is 461 g/mol. The van der Waals surface area contributed by atoms with Gasteiger partial charge in [-0.25, -0.2) is 5.43 Å². The summed E-state index contributed by atoms with van der Waals surface area (Å²) in [7, 11) is 1.55. The molecule has 9 nitrogen and oxygen atoms in total. The smallest absolute Gasteiger partial charge is 0.271 e. The monoisotopic (exact) mass is 461 g/mol. The number of carbonyl (C=O) groups is 2. The predicted octanol–water partition coefficient (Wildman–Crippen LogP) is 3.73. The first-order valence-corrected chi connectivity index (χ1v) is 10.4. The van der Waals surface area contributed by atoms with Crippen molar-refractivity contribution in [1.29, 1.82) is 0 Å². The Morgan fingerprint density at radius 2 is 1.79 bits per heavy atom. The molecule has 4 rings (SSSR count). The molecule has 1 aliphatic heterocycles. The predicted molar refractivity (Wildman–Crippen MR) is 126 cm³/mol. The molecule has 0 saturated carbocycles. The number of methoxy groups -OCH3 is 1. The molecule has 0 fully saturated rings. The molecule has 0 atom stereocenters. The molecule has 0 aliphatic carbocycles. The van der Waals surface area contributed by atoms with Gasteiger partial charge in [0.25, 0.3) is 5.91 Å². The van der Waals surface area contributed by atoms with E-state index in [9.17, 15) is 9.59 Å². The average Bonchev–Trinajstić information content (AvgIpc) is 3.31. The molecule has 2 N–H and O–H groups in total. The van der Waals surface area contributed by atoms with Gasteiger partial charge < -0.3 is 24.3 Å². The highest BCUT2D eigenvalue weighted by molar-refractivity contribution is 5.96. The van der Waals surface area contributed by atoms with Gasteiger partial charge in [-0.05, 0) is 65.7 Å². The van der Waals surface area contributed by atoms with Crippen LogP contribution in [0.2, 0.25) is 0 Å². The molecule has 1 heterocycles. The van der Waals surface area contributed by atoms with E-state index in [4.69, 9.17) is 18.9 Å². The van der Waals surface area contributed by atoms with E-state index in [2.05, 4.69) is 15.8 Å². The number of hydrazone groups is 1. The first-order valence-electron chi connectivity index (χ1n) is 10.4. The maximum atomic E-state index is 12.3. The third-order valence-corrected chi connectivity index (χ3v) is 4.87. The van der Waals surface area contributed by atoms with Crippen LogP contribution in [0, 0.1) is 0 Å². The van der Waals surface area contributed by atoms with E-state index in [0.717, 1.165) is 11.3 Å². The number of benzene rings is 3. The zero-order valence-electron chi connectivity index (χ0n) is 18.7. The second-order valence-electron chi connectivity index (χ2n) is 7.34. The highest BCUT2D eigenvalue weighted by Gasteiger charge is 2.14. The molecular formula is C25H23N3O6. The molecule has 0 bridgehead atoms. The van der Waals surface area contributed by atoms with E-state index in [-0.39, 0.29) is 18.6 Å². The minimum absolute atomic E-state index is 0.179. The maximum absolute atomic E-state index is 12.3. The lowest BCUT2D eigenvalue weighted by atomic mass is 10.2. The first-order chi connectivity index (χ1) is 16.5. The molecule has 0 saturated heterocycles. The second kappa shape index (κ2) is 10.4. The minimum Gasteiger partial charge on any atom is -0.493 e. The van der Waals surface area contributed by atoms with Crippen molar-refractivity contribution in [2.24, 2.45) is 5.10 Å². The maximum Gasteiger partial charge on any atom is 0.271 e. The highest BCUT2D eigenvalue weighted by atomic mass is 16.7. The fraction of sp³-hybridized carbons (Fsp3) is 0.160. The third-order valence-electron chi connectivity index (χ3n) is 4.87. The van der Waals surface area contributed by atoms with Crippen molar-refractivity contribution in [2.45, 2.75) is 13.5 Å². The number of hydrogen-bond acceptors (Lipinski definition) is 7. The molecule has 3 aromatic carbocycles.